The Hall–Kier alpha value is -1.63. The first kappa shape index (κ1) is 19.7. The van der Waals surface area contributed by atoms with E-state index in [1.54, 1.807) is 0 Å². The molecule has 140 valence electrons. The number of hydrogen-bond acceptors (Lipinski definition) is 5. The first-order valence-electron chi connectivity index (χ1n) is 9.04. The summed E-state index contributed by atoms with van der Waals surface area (Å²) in [6, 6.07) is 7.38. The zero-order valence-electron chi connectivity index (χ0n) is 15.5. The van der Waals surface area contributed by atoms with Gasteiger partial charge >= 0.3 is 0 Å². The van der Waals surface area contributed by atoms with Gasteiger partial charge in [-0.1, -0.05) is 12.1 Å². The molecule has 1 aromatic carbocycles. The van der Waals surface area contributed by atoms with Crippen LogP contribution in [-0.4, -0.2) is 79.0 Å². The van der Waals surface area contributed by atoms with E-state index in [2.05, 4.69) is 4.90 Å². The number of carbonyl (C=O) groups is 1. The summed E-state index contributed by atoms with van der Waals surface area (Å²) in [5, 5.41) is 10.0. The van der Waals surface area contributed by atoms with Crippen molar-refractivity contribution in [2.24, 2.45) is 0 Å². The van der Waals surface area contributed by atoms with E-state index < -0.39 is 6.10 Å². The van der Waals surface area contributed by atoms with Gasteiger partial charge in [-0.15, -0.1) is 0 Å². The number of nitrogens with zero attached hydrogens (tertiary/aromatic N) is 2. The fourth-order valence-corrected chi connectivity index (χ4v) is 2.88. The van der Waals surface area contributed by atoms with E-state index in [9.17, 15) is 9.90 Å². The minimum absolute atomic E-state index is 0.00684. The number of piperazine rings is 1. The molecular formula is C19H30N2O4. The predicted octanol–water partition coefficient (Wildman–Crippen LogP) is 1.63. The maximum Gasteiger partial charge on any atom is 0.257 e. The van der Waals surface area contributed by atoms with Gasteiger partial charge in [0.25, 0.3) is 5.91 Å². The molecular weight excluding hydrogens is 320 g/mol. The molecule has 1 aromatic rings. The van der Waals surface area contributed by atoms with Crippen molar-refractivity contribution in [1.82, 2.24) is 9.80 Å². The van der Waals surface area contributed by atoms with Crippen LogP contribution in [0.1, 0.15) is 31.1 Å². The molecule has 1 fully saturated rings. The van der Waals surface area contributed by atoms with Crippen molar-refractivity contribution >= 4 is 5.91 Å². The average Bonchev–Trinajstić information content (AvgIpc) is 2.61. The van der Waals surface area contributed by atoms with E-state index in [4.69, 9.17) is 9.47 Å². The number of rotatable bonds is 8. The van der Waals surface area contributed by atoms with Gasteiger partial charge in [0, 0.05) is 32.7 Å². The lowest BCUT2D eigenvalue weighted by Gasteiger charge is -2.35. The highest BCUT2D eigenvalue weighted by atomic mass is 16.5. The van der Waals surface area contributed by atoms with E-state index in [0.717, 1.165) is 13.1 Å². The second kappa shape index (κ2) is 9.75. The molecule has 1 saturated heterocycles. The number of β-amino-alcohol motifs (C(OH)–C–C–N with tert-alkyl or cyclic N) is 1. The summed E-state index contributed by atoms with van der Waals surface area (Å²) in [4.78, 5) is 16.8. The lowest BCUT2D eigenvalue weighted by molar-refractivity contribution is -0.0137. The Balaban J connectivity index is 1.84. The van der Waals surface area contributed by atoms with E-state index >= 15 is 0 Å². The minimum Gasteiger partial charge on any atom is -0.493 e. The van der Waals surface area contributed by atoms with Crippen LogP contribution in [0.4, 0.5) is 0 Å². The Morgan fingerprint density at radius 1 is 1.20 bits per heavy atom. The first-order valence-corrected chi connectivity index (χ1v) is 9.04. The zero-order valence-corrected chi connectivity index (χ0v) is 15.5. The number of hydrogen-bond donors (Lipinski definition) is 1. The highest BCUT2D eigenvalue weighted by Gasteiger charge is 2.25. The number of carbonyl (C=O) groups excluding carboxylic acids is 1. The van der Waals surface area contributed by atoms with Crippen LogP contribution in [0.15, 0.2) is 24.3 Å². The third kappa shape index (κ3) is 5.99. The largest absolute Gasteiger partial charge is 0.493 e. The predicted molar refractivity (Wildman–Crippen MR) is 97.0 cm³/mol. The lowest BCUT2D eigenvalue weighted by atomic mass is 10.1. The fraction of sp³-hybridized carbons (Fsp3) is 0.632. The molecule has 0 saturated carbocycles. The topological polar surface area (TPSA) is 62.2 Å². The number of aliphatic hydroxyl groups excluding tert-OH is 1. The first-order chi connectivity index (χ1) is 12.0. The molecule has 0 spiro atoms. The Morgan fingerprint density at radius 2 is 1.88 bits per heavy atom. The van der Waals surface area contributed by atoms with Crippen molar-refractivity contribution in [3.63, 3.8) is 0 Å². The van der Waals surface area contributed by atoms with Gasteiger partial charge in [0.1, 0.15) is 5.75 Å². The number of aliphatic hydroxyl groups is 1. The van der Waals surface area contributed by atoms with Crippen LogP contribution in [0.2, 0.25) is 0 Å². The molecule has 1 heterocycles. The Kier molecular flexibility index (Phi) is 7.68. The summed E-state index contributed by atoms with van der Waals surface area (Å²) in [6.45, 7) is 10.1. The monoisotopic (exact) mass is 350 g/mol. The van der Waals surface area contributed by atoms with Gasteiger partial charge < -0.3 is 19.5 Å². The second-order valence-corrected chi connectivity index (χ2v) is 6.56. The van der Waals surface area contributed by atoms with Gasteiger partial charge in [-0.3, -0.25) is 9.69 Å². The van der Waals surface area contributed by atoms with Crippen molar-refractivity contribution in [2.45, 2.75) is 33.0 Å². The molecule has 1 aliphatic rings. The molecule has 25 heavy (non-hydrogen) atoms. The molecule has 1 amide bonds. The SMILES string of the molecule is CCOc1ccccc1C(=O)N1CCN(CC(O)COC(C)C)CC1. The van der Waals surface area contributed by atoms with Crippen molar-refractivity contribution in [3.05, 3.63) is 29.8 Å². The smallest absolute Gasteiger partial charge is 0.257 e. The standard InChI is InChI=1S/C19H30N2O4/c1-4-24-18-8-6-5-7-17(18)19(23)21-11-9-20(10-12-21)13-16(22)14-25-15(2)3/h5-8,15-16,22H,4,9-14H2,1-3H3. The number of para-hydroxylation sites is 1. The second-order valence-electron chi connectivity index (χ2n) is 6.56. The average molecular weight is 350 g/mol. The van der Waals surface area contributed by atoms with Crippen LogP contribution < -0.4 is 4.74 Å². The normalized spacial score (nSPS) is 16.9. The Bertz CT molecular complexity index is 542. The van der Waals surface area contributed by atoms with E-state index in [-0.39, 0.29) is 12.0 Å². The molecule has 6 nitrogen and oxygen atoms in total. The van der Waals surface area contributed by atoms with Crippen LogP contribution in [0, 0.1) is 0 Å². The number of benzene rings is 1. The lowest BCUT2D eigenvalue weighted by Crippen LogP contribution is -2.50. The van der Waals surface area contributed by atoms with Crippen LogP contribution in [0.25, 0.3) is 0 Å². The number of ether oxygens (including phenoxy) is 2. The third-order valence-corrected chi connectivity index (χ3v) is 4.17. The summed E-state index contributed by atoms with van der Waals surface area (Å²) >= 11 is 0. The van der Waals surface area contributed by atoms with Crippen LogP contribution in [-0.2, 0) is 4.74 Å². The molecule has 0 aliphatic carbocycles. The van der Waals surface area contributed by atoms with Gasteiger partial charge in [0.2, 0.25) is 0 Å². The third-order valence-electron chi connectivity index (χ3n) is 4.17. The molecule has 1 unspecified atom stereocenters. The van der Waals surface area contributed by atoms with Crippen LogP contribution >= 0.6 is 0 Å². The molecule has 0 aromatic heterocycles. The molecule has 2 rings (SSSR count). The van der Waals surface area contributed by atoms with Crippen molar-refractivity contribution in [2.75, 3.05) is 45.9 Å². The summed E-state index contributed by atoms with van der Waals surface area (Å²) < 4.78 is 11.0. The van der Waals surface area contributed by atoms with E-state index in [1.165, 1.54) is 0 Å². The van der Waals surface area contributed by atoms with Gasteiger partial charge in [0.05, 0.1) is 31.0 Å². The maximum atomic E-state index is 12.8. The van der Waals surface area contributed by atoms with Crippen molar-refractivity contribution in [1.29, 1.82) is 0 Å². The van der Waals surface area contributed by atoms with Gasteiger partial charge in [0.15, 0.2) is 0 Å². The zero-order chi connectivity index (χ0) is 18.2. The highest BCUT2D eigenvalue weighted by molar-refractivity contribution is 5.97. The summed E-state index contributed by atoms with van der Waals surface area (Å²) in [5.41, 5.74) is 0.614. The number of amides is 1. The molecule has 1 N–H and O–H groups in total. The van der Waals surface area contributed by atoms with Crippen LogP contribution in [0.5, 0.6) is 5.75 Å². The van der Waals surface area contributed by atoms with Crippen molar-refractivity contribution < 1.29 is 19.4 Å². The summed E-state index contributed by atoms with van der Waals surface area (Å²) in [5.74, 6) is 0.645. The molecule has 1 atom stereocenters. The van der Waals surface area contributed by atoms with Crippen molar-refractivity contribution in [3.8, 4) is 5.75 Å². The highest BCUT2D eigenvalue weighted by Crippen LogP contribution is 2.20. The summed E-state index contributed by atoms with van der Waals surface area (Å²) in [7, 11) is 0. The Labute approximate surface area is 150 Å². The molecule has 0 radical (unpaired) electrons. The maximum absolute atomic E-state index is 12.8. The van der Waals surface area contributed by atoms with Gasteiger partial charge in [-0.05, 0) is 32.9 Å². The molecule has 6 heteroatoms. The van der Waals surface area contributed by atoms with E-state index in [1.807, 2.05) is 49.9 Å². The summed E-state index contributed by atoms with van der Waals surface area (Å²) in [6.07, 6.45) is -0.377. The molecule has 1 aliphatic heterocycles. The minimum atomic E-state index is -0.497. The fourth-order valence-electron chi connectivity index (χ4n) is 2.88. The van der Waals surface area contributed by atoms with Gasteiger partial charge in [-0.2, -0.15) is 0 Å². The Morgan fingerprint density at radius 3 is 2.52 bits per heavy atom. The molecule has 0 bridgehead atoms. The van der Waals surface area contributed by atoms with E-state index in [0.29, 0.717) is 44.2 Å². The quantitative estimate of drug-likeness (QED) is 0.772. The van der Waals surface area contributed by atoms with Gasteiger partial charge in [-0.25, -0.2) is 0 Å². The van der Waals surface area contributed by atoms with Crippen LogP contribution in [0.3, 0.4) is 0 Å².